The Morgan fingerprint density at radius 2 is 0.815 bits per heavy atom. The molecule has 124 heavy (non-hydrogen) atoms. The molecule has 0 radical (unpaired) electrons. The summed E-state index contributed by atoms with van der Waals surface area (Å²) >= 11 is 0. The van der Waals surface area contributed by atoms with Crippen molar-refractivity contribution in [2.75, 3.05) is 68.6 Å². The first-order valence-electron chi connectivity index (χ1n) is 38.0. The van der Waals surface area contributed by atoms with Crippen LogP contribution in [0.4, 0.5) is 11.6 Å². The molecular weight excluding hydrogens is 1700 g/mol. The molecular formula is C70H106N16O36S2. The second kappa shape index (κ2) is 55.4. The molecule has 54 heteroatoms. The number of aliphatic hydroxyl groups excluding tert-OH is 15. The van der Waals surface area contributed by atoms with E-state index in [-0.39, 0.29) is 53.7 Å². The number of carbonyl (C=O) groups is 15. The van der Waals surface area contributed by atoms with Crippen LogP contribution in [0.3, 0.4) is 0 Å². The molecule has 19 atom stereocenters. The summed E-state index contributed by atoms with van der Waals surface area (Å²) in [4.78, 5) is 228. The molecule has 0 spiro atoms. The van der Waals surface area contributed by atoms with Crippen LogP contribution in [0.5, 0.6) is 0 Å². The van der Waals surface area contributed by atoms with Crippen LogP contribution in [0.1, 0.15) is 106 Å². The number of hydrogen-bond donors (Lipinski definition) is 32. The lowest BCUT2D eigenvalue weighted by Crippen LogP contribution is -2.60. The minimum Gasteiger partial charge on any atom is -0.481 e. The molecule has 2 aromatic heterocycles. The lowest BCUT2D eigenvalue weighted by Gasteiger charge is -2.28. The standard InChI is InChI=1S/C70H106N16O36S2/c1-2-52(104)122-19-20-123-124-29-39(69(120)121)84-66(116)35(9-15-48(98)75-25-42(92)56(107)59(110)45(95)28-89)80-65(115)37(12-18-51(102)103)82-63(113)34(8-14-47(97)74-24-41(91)55(106)58(109)44(94)27-88)79-64(114)36(11-17-50(100)101)81-62(112)33(7-13-46(96)73-23-40(90)54(105)57(108)43(93)26-87)78-49(99)16-10-38(68(118)119)83-61(111)30-3-5-31(6-4-30)72-21-32-22-76-60-53(77-32)67(117)86-70(71)85-60/h3-6,22,33-45,54-59,72,87-95,105-110H,2,7-21,23-29H2,1H3,(H,73,96)(H,74,97)(H,75,98)(H,78,99)(H,79,114)(H,80,115)(H,81,112)(H,82,113)(H,83,111)(H,84,116)(H,100,101)(H,102,103)(H,118,119)(H,120,121)(H3,71,76,85,86,117)/t33-,34-,35-,36+,37+,38-,39+,40-,41-,42-,43+,44+,45+,54+,55+,56+,57+,58+,59+/m0/s1. The third-order valence-electron chi connectivity index (χ3n) is 18.0. The number of aromatic amines is 1. The van der Waals surface area contributed by atoms with E-state index in [2.05, 4.69) is 78.4 Å². The number of aromatic nitrogens is 4. The van der Waals surface area contributed by atoms with Gasteiger partial charge in [0.1, 0.15) is 104 Å². The number of aliphatic carboxylic acids is 4. The Morgan fingerprint density at radius 1 is 0.452 bits per heavy atom. The molecule has 52 nitrogen and oxygen atoms in total. The van der Waals surface area contributed by atoms with Crippen LogP contribution < -0.4 is 69.8 Å². The highest BCUT2D eigenvalue weighted by Gasteiger charge is 2.38. The van der Waals surface area contributed by atoms with E-state index in [0.29, 0.717) is 5.69 Å². The van der Waals surface area contributed by atoms with Crippen LogP contribution in [0.25, 0.3) is 11.2 Å². The molecule has 10 amide bonds. The first kappa shape index (κ1) is 107. The highest BCUT2D eigenvalue weighted by Crippen LogP contribution is 2.23. The zero-order valence-corrected chi connectivity index (χ0v) is 67.9. The molecule has 0 aliphatic heterocycles. The first-order valence-corrected chi connectivity index (χ1v) is 40.5. The second-order valence-electron chi connectivity index (χ2n) is 27.6. The van der Waals surface area contributed by atoms with Crippen molar-refractivity contribution in [3.8, 4) is 0 Å². The van der Waals surface area contributed by atoms with Crippen molar-refractivity contribution in [3.63, 3.8) is 0 Å². The number of carboxylic acid groups (broad SMARTS) is 4. The van der Waals surface area contributed by atoms with Gasteiger partial charge in [-0.15, -0.1) is 0 Å². The molecule has 694 valence electrons. The van der Waals surface area contributed by atoms with Gasteiger partial charge in [-0.05, 0) is 62.8 Å². The fourth-order valence-corrected chi connectivity index (χ4v) is 12.7. The van der Waals surface area contributed by atoms with Gasteiger partial charge in [0, 0.05) is 87.3 Å². The number of nitrogens with two attached hydrogens (primary N) is 1. The Labute approximate surface area is 710 Å². The second-order valence-corrected chi connectivity index (χ2v) is 30.2. The molecule has 0 aliphatic rings. The number of anilines is 2. The van der Waals surface area contributed by atoms with Crippen LogP contribution in [-0.4, -0.2) is 379 Å². The maximum absolute atomic E-state index is 14.8. The molecule has 3 rings (SSSR count). The lowest BCUT2D eigenvalue weighted by atomic mass is 10.0. The van der Waals surface area contributed by atoms with Crippen LogP contribution in [0.2, 0.25) is 0 Å². The molecule has 2 heterocycles. The van der Waals surface area contributed by atoms with Crippen molar-refractivity contribution >= 4 is 133 Å². The molecule has 0 saturated carbocycles. The van der Waals surface area contributed by atoms with Crippen molar-refractivity contribution in [3.05, 3.63) is 52.1 Å². The maximum Gasteiger partial charge on any atom is 0.327 e. The molecule has 0 aliphatic carbocycles. The van der Waals surface area contributed by atoms with E-state index in [1.54, 1.807) is 0 Å². The summed E-state index contributed by atoms with van der Waals surface area (Å²) in [7, 11) is 1.86. The summed E-state index contributed by atoms with van der Waals surface area (Å²) in [5, 5.41) is 214. The van der Waals surface area contributed by atoms with Crippen molar-refractivity contribution in [1.29, 1.82) is 0 Å². The molecule has 0 unspecified atom stereocenters. The van der Waals surface area contributed by atoms with E-state index in [1.165, 1.54) is 37.4 Å². The largest absolute Gasteiger partial charge is 0.481 e. The Bertz CT molecular complexity index is 4110. The van der Waals surface area contributed by atoms with E-state index in [0.717, 1.165) is 21.6 Å². The number of nitrogen functional groups attached to an aromatic ring is 1. The Morgan fingerprint density at radius 3 is 1.19 bits per heavy atom. The topological polar surface area (TPSA) is 880 Å². The molecule has 3 aromatic rings. The van der Waals surface area contributed by atoms with Crippen LogP contribution in [0, 0.1) is 0 Å². The third kappa shape index (κ3) is 38.5. The number of nitrogens with zero attached hydrogens (tertiary/aromatic N) is 3. The summed E-state index contributed by atoms with van der Waals surface area (Å²) in [6.45, 7) is -4.62. The van der Waals surface area contributed by atoms with Gasteiger partial charge in [0.2, 0.25) is 59.1 Å². The SMILES string of the molecule is CCC(=O)OCCSSC[C@@H](NC(=O)[C@H](CCC(=O)NC[C@H](O)[C@@H](O)[C@H](O)[C@H](O)CO)NC(=O)[C@@H](CCC(=O)O)NC(=O)[C@H](CCC(=O)NC[C@H](O)[C@@H](O)[C@H](O)[C@H](O)CO)NC(=O)[C@@H](CCC(=O)O)NC(=O)[C@H](CCC(=O)NC[C@H](O)[C@@H](O)[C@H](O)[C@H](O)CO)NC(=O)CC[C@H](NC(=O)c1ccc(NCc2cnc3nc(N)[nH]c(=O)c3n2)cc1)C(=O)O)C(=O)O. The highest BCUT2D eigenvalue weighted by molar-refractivity contribution is 8.76. The molecule has 0 fully saturated rings. The minimum atomic E-state index is -2.27. The normalized spacial score (nSPS) is 16.0. The molecule has 0 saturated heterocycles. The van der Waals surface area contributed by atoms with Crippen LogP contribution in [-0.2, 0) is 78.4 Å². The van der Waals surface area contributed by atoms with Gasteiger partial charge in [-0.1, -0.05) is 28.5 Å². The van der Waals surface area contributed by atoms with E-state index in [1.807, 2.05) is 0 Å². The van der Waals surface area contributed by atoms with E-state index < -0.39 is 332 Å². The molecule has 0 bridgehead atoms. The number of amides is 10. The lowest BCUT2D eigenvalue weighted by molar-refractivity contribution is -0.143. The Balaban J connectivity index is 2.09. The quantitative estimate of drug-likeness (QED) is 0.0142. The predicted molar refractivity (Wildman–Crippen MR) is 423 cm³/mol. The third-order valence-corrected chi connectivity index (χ3v) is 20.4. The summed E-state index contributed by atoms with van der Waals surface area (Å²) in [5.74, 6) is -20.9. The zero-order chi connectivity index (χ0) is 93.2. The summed E-state index contributed by atoms with van der Waals surface area (Å²) in [5.41, 5.74) is 5.34. The van der Waals surface area contributed by atoms with Gasteiger partial charge in [-0.3, -0.25) is 72.1 Å². The van der Waals surface area contributed by atoms with Crippen molar-refractivity contribution in [2.45, 2.75) is 212 Å². The van der Waals surface area contributed by atoms with Gasteiger partial charge in [0.25, 0.3) is 11.5 Å². The van der Waals surface area contributed by atoms with E-state index in [4.69, 9.17) is 15.6 Å². The van der Waals surface area contributed by atoms with Gasteiger partial charge < -0.3 is 166 Å². The van der Waals surface area contributed by atoms with Gasteiger partial charge in [0.05, 0.1) is 56.6 Å². The fraction of sp³-hybridized carbons (Fsp3) is 0.614. The fourth-order valence-electron chi connectivity index (χ4n) is 10.7. The van der Waals surface area contributed by atoms with Crippen molar-refractivity contribution < 1.29 is 174 Å². The average Bonchev–Trinajstić information content (AvgIpc) is 0.807. The van der Waals surface area contributed by atoms with Gasteiger partial charge in [-0.2, -0.15) is 4.98 Å². The molecule has 33 N–H and O–H groups in total. The van der Waals surface area contributed by atoms with Crippen LogP contribution in [0.15, 0.2) is 35.3 Å². The Kier molecular flexibility index (Phi) is 48.0. The number of H-pyrrole nitrogens is 1. The summed E-state index contributed by atoms with van der Waals surface area (Å²) < 4.78 is 4.98. The van der Waals surface area contributed by atoms with Crippen molar-refractivity contribution in [2.24, 2.45) is 0 Å². The Hall–Kier alpha value is -10.8. The molecule has 1 aromatic carbocycles. The minimum absolute atomic E-state index is 0.00322. The number of aliphatic hydroxyl groups is 15. The number of carbonyl (C=O) groups excluding carboxylic acids is 11. The number of ether oxygens (including phenoxy) is 1. The number of fused-ring (bicyclic) bond motifs is 1. The highest BCUT2D eigenvalue weighted by atomic mass is 33.1. The number of nitrogens with one attached hydrogen (secondary N) is 12. The van der Waals surface area contributed by atoms with E-state index >= 15 is 0 Å². The smallest absolute Gasteiger partial charge is 0.327 e. The van der Waals surface area contributed by atoms with Gasteiger partial charge >= 0.3 is 29.8 Å². The predicted octanol–water partition coefficient (Wildman–Crippen LogP) is -13.1. The summed E-state index contributed by atoms with van der Waals surface area (Å²) in [6, 6.07) is -9.18. The van der Waals surface area contributed by atoms with Crippen molar-refractivity contribution in [1.82, 2.24) is 73.1 Å². The van der Waals surface area contributed by atoms with Gasteiger partial charge in [-0.25, -0.2) is 19.6 Å². The average molecular weight is 1810 g/mol. The van der Waals surface area contributed by atoms with Gasteiger partial charge in [0.15, 0.2) is 11.2 Å². The number of hydrogen-bond acceptors (Lipinski definition) is 39. The van der Waals surface area contributed by atoms with Crippen LogP contribution >= 0.6 is 21.6 Å². The monoisotopic (exact) mass is 1810 g/mol. The van der Waals surface area contributed by atoms with E-state index in [9.17, 15) is 169 Å². The number of esters is 1. The maximum atomic E-state index is 14.8. The number of rotatable bonds is 61. The number of benzene rings is 1. The zero-order valence-electron chi connectivity index (χ0n) is 66.3. The first-order chi connectivity index (χ1) is 58.4. The summed E-state index contributed by atoms with van der Waals surface area (Å²) in [6.07, 6.45) is -35.1. The number of carboxylic acids is 4.